The number of esters is 1. The van der Waals surface area contributed by atoms with Gasteiger partial charge in [0.1, 0.15) is 5.82 Å². The van der Waals surface area contributed by atoms with Crippen molar-refractivity contribution in [2.24, 2.45) is 0 Å². The largest absolute Gasteiger partial charge is 0.465 e. The number of ether oxygens (including phenoxy) is 1. The molecule has 1 aromatic heterocycles. The van der Waals surface area contributed by atoms with Gasteiger partial charge in [0.25, 0.3) is 0 Å². The zero-order valence-corrected chi connectivity index (χ0v) is 14.2. The molecule has 1 heterocycles. The van der Waals surface area contributed by atoms with Crippen LogP contribution < -0.4 is 0 Å². The molecule has 0 fully saturated rings. The van der Waals surface area contributed by atoms with Crippen LogP contribution in [0.5, 0.6) is 0 Å². The molecule has 0 aliphatic carbocycles. The molecule has 0 radical (unpaired) electrons. The topological polar surface area (TPSA) is 44.1 Å². The number of hydrogen-bond donors (Lipinski definition) is 0. The molecule has 0 amide bonds. The van der Waals surface area contributed by atoms with Gasteiger partial charge in [0, 0.05) is 6.54 Å². The van der Waals surface area contributed by atoms with Crippen molar-refractivity contribution in [2.75, 3.05) is 7.11 Å². The van der Waals surface area contributed by atoms with Gasteiger partial charge in [-0.2, -0.15) is 0 Å². The highest BCUT2D eigenvalue weighted by atomic mass is 16.5. The summed E-state index contributed by atoms with van der Waals surface area (Å²) in [6.45, 7) is 2.72. The third-order valence-corrected chi connectivity index (χ3v) is 4.59. The molecule has 0 atom stereocenters. The summed E-state index contributed by atoms with van der Waals surface area (Å²) in [6.07, 6.45) is 0. The summed E-state index contributed by atoms with van der Waals surface area (Å²) >= 11 is 0. The number of carbonyl (C=O) groups excluding carboxylic acids is 1. The number of para-hydroxylation sites is 2. The van der Waals surface area contributed by atoms with Crippen LogP contribution in [0.2, 0.25) is 0 Å². The van der Waals surface area contributed by atoms with Gasteiger partial charge < -0.3 is 9.30 Å². The van der Waals surface area contributed by atoms with Crippen molar-refractivity contribution in [1.82, 2.24) is 9.55 Å². The second kappa shape index (κ2) is 6.06. The molecule has 0 bridgehead atoms. The van der Waals surface area contributed by atoms with Crippen LogP contribution in [-0.4, -0.2) is 22.6 Å². The van der Waals surface area contributed by atoms with Crippen LogP contribution in [0.25, 0.3) is 21.8 Å². The number of nitrogens with zero attached hydrogens (tertiary/aromatic N) is 2. The van der Waals surface area contributed by atoms with E-state index in [1.807, 2.05) is 61.5 Å². The standard InChI is InChI=1S/C21H18N2O2/c1-14-22-19-9-5-6-10-20(19)23(14)13-15-11-12-18(21(24)25-2)17-8-4-3-7-16(15)17/h3-12H,13H2,1-2H3. The minimum absolute atomic E-state index is 0.313. The molecule has 0 aliphatic rings. The van der Waals surface area contributed by atoms with Crippen LogP contribution in [0.15, 0.2) is 60.7 Å². The summed E-state index contributed by atoms with van der Waals surface area (Å²) in [7, 11) is 1.41. The summed E-state index contributed by atoms with van der Waals surface area (Å²) in [5.74, 6) is 0.661. The molecule has 0 unspecified atom stereocenters. The van der Waals surface area contributed by atoms with Crippen molar-refractivity contribution in [1.29, 1.82) is 0 Å². The van der Waals surface area contributed by atoms with E-state index in [0.717, 1.165) is 33.2 Å². The van der Waals surface area contributed by atoms with Crippen LogP contribution in [0.4, 0.5) is 0 Å². The minimum atomic E-state index is -0.313. The Balaban J connectivity index is 1.88. The van der Waals surface area contributed by atoms with Crippen LogP contribution in [0, 0.1) is 6.92 Å². The lowest BCUT2D eigenvalue weighted by atomic mass is 9.99. The third kappa shape index (κ3) is 2.56. The van der Waals surface area contributed by atoms with Gasteiger partial charge in [-0.1, -0.05) is 42.5 Å². The molecule has 4 nitrogen and oxygen atoms in total. The van der Waals surface area contributed by atoms with Crippen molar-refractivity contribution >= 4 is 27.8 Å². The molecule has 0 saturated carbocycles. The van der Waals surface area contributed by atoms with Gasteiger partial charge in [-0.3, -0.25) is 0 Å². The second-order valence-corrected chi connectivity index (χ2v) is 6.04. The number of carbonyl (C=O) groups is 1. The number of imidazole rings is 1. The number of aryl methyl sites for hydroxylation is 1. The summed E-state index contributed by atoms with van der Waals surface area (Å²) in [6, 6.07) is 19.9. The molecule has 4 aromatic rings. The number of fused-ring (bicyclic) bond motifs is 2. The number of benzene rings is 3. The Kier molecular flexibility index (Phi) is 3.73. The Morgan fingerprint density at radius 2 is 1.72 bits per heavy atom. The van der Waals surface area contributed by atoms with Crippen molar-refractivity contribution in [3.8, 4) is 0 Å². The van der Waals surface area contributed by atoms with E-state index in [9.17, 15) is 4.79 Å². The van der Waals surface area contributed by atoms with Gasteiger partial charge >= 0.3 is 5.97 Å². The van der Waals surface area contributed by atoms with Gasteiger partial charge in [0.05, 0.1) is 23.7 Å². The maximum atomic E-state index is 12.0. The fourth-order valence-electron chi connectivity index (χ4n) is 3.35. The van der Waals surface area contributed by atoms with Gasteiger partial charge in [-0.05, 0) is 41.5 Å². The number of rotatable bonds is 3. The summed E-state index contributed by atoms with van der Waals surface area (Å²) in [5.41, 5.74) is 3.85. The summed E-state index contributed by atoms with van der Waals surface area (Å²) in [5, 5.41) is 1.97. The van der Waals surface area contributed by atoms with Crippen molar-refractivity contribution < 1.29 is 9.53 Å². The normalized spacial score (nSPS) is 11.1. The first-order chi connectivity index (χ1) is 12.2. The predicted octanol–water partition coefficient (Wildman–Crippen LogP) is 4.33. The number of aromatic nitrogens is 2. The lowest BCUT2D eigenvalue weighted by Crippen LogP contribution is -2.06. The molecular weight excluding hydrogens is 312 g/mol. The minimum Gasteiger partial charge on any atom is -0.465 e. The predicted molar refractivity (Wildman–Crippen MR) is 98.9 cm³/mol. The molecule has 124 valence electrons. The second-order valence-electron chi connectivity index (χ2n) is 6.04. The lowest BCUT2D eigenvalue weighted by molar-refractivity contribution is 0.0603. The quantitative estimate of drug-likeness (QED) is 0.525. The molecule has 0 spiro atoms. The monoisotopic (exact) mass is 330 g/mol. The van der Waals surface area contributed by atoms with E-state index >= 15 is 0 Å². The maximum Gasteiger partial charge on any atom is 0.338 e. The van der Waals surface area contributed by atoms with Crippen molar-refractivity contribution in [3.63, 3.8) is 0 Å². The fraction of sp³-hybridized carbons (Fsp3) is 0.143. The van der Waals surface area contributed by atoms with Gasteiger partial charge in [-0.25, -0.2) is 9.78 Å². The lowest BCUT2D eigenvalue weighted by Gasteiger charge is -2.12. The van der Waals surface area contributed by atoms with Crippen LogP contribution in [0.1, 0.15) is 21.7 Å². The van der Waals surface area contributed by atoms with E-state index in [0.29, 0.717) is 12.1 Å². The highest BCUT2D eigenvalue weighted by molar-refractivity contribution is 6.05. The van der Waals surface area contributed by atoms with E-state index in [2.05, 4.69) is 15.6 Å². The molecule has 4 heteroatoms. The Morgan fingerprint density at radius 1 is 1.00 bits per heavy atom. The molecule has 4 rings (SSSR count). The third-order valence-electron chi connectivity index (χ3n) is 4.59. The van der Waals surface area contributed by atoms with E-state index in [1.165, 1.54) is 7.11 Å². The molecule has 0 saturated heterocycles. The summed E-state index contributed by atoms with van der Waals surface area (Å²) < 4.78 is 7.12. The molecule has 0 N–H and O–H groups in total. The molecule has 0 aliphatic heterocycles. The zero-order chi connectivity index (χ0) is 17.4. The average molecular weight is 330 g/mol. The summed E-state index contributed by atoms with van der Waals surface area (Å²) in [4.78, 5) is 16.7. The molecular formula is C21H18N2O2. The Morgan fingerprint density at radius 3 is 2.52 bits per heavy atom. The van der Waals surface area contributed by atoms with Gasteiger partial charge in [0.15, 0.2) is 0 Å². The first-order valence-corrected chi connectivity index (χ1v) is 8.20. The van der Waals surface area contributed by atoms with Crippen molar-refractivity contribution in [3.05, 3.63) is 77.6 Å². The zero-order valence-electron chi connectivity index (χ0n) is 14.2. The van der Waals surface area contributed by atoms with Gasteiger partial charge in [0.2, 0.25) is 0 Å². The smallest absolute Gasteiger partial charge is 0.338 e. The number of methoxy groups -OCH3 is 1. The van der Waals surface area contributed by atoms with E-state index in [4.69, 9.17) is 4.74 Å². The van der Waals surface area contributed by atoms with Crippen molar-refractivity contribution in [2.45, 2.75) is 13.5 Å². The number of hydrogen-bond acceptors (Lipinski definition) is 3. The fourth-order valence-corrected chi connectivity index (χ4v) is 3.35. The Hall–Kier alpha value is -3.14. The highest BCUT2D eigenvalue weighted by Gasteiger charge is 2.14. The Bertz CT molecular complexity index is 1100. The highest BCUT2D eigenvalue weighted by Crippen LogP contribution is 2.26. The van der Waals surface area contributed by atoms with E-state index in [-0.39, 0.29) is 5.97 Å². The average Bonchev–Trinajstić information content (AvgIpc) is 2.97. The Labute approximate surface area is 145 Å². The van der Waals surface area contributed by atoms with E-state index in [1.54, 1.807) is 0 Å². The van der Waals surface area contributed by atoms with Crippen LogP contribution in [0.3, 0.4) is 0 Å². The first kappa shape index (κ1) is 15.4. The van der Waals surface area contributed by atoms with Crippen LogP contribution in [-0.2, 0) is 11.3 Å². The van der Waals surface area contributed by atoms with Crippen LogP contribution >= 0.6 is 0 Å². The first-order valence-electron chi connectivity index (χ1n) is 8.20. The SMILES string of the molecule is COC(=O)c1ccc(Cn2c(C)nc3ccccc32)c2ccccc12. The van der Waals surface area contributed by atoms with Gasteiger partial charge in [-0.15, -0.1) is 0 Å². The molecule has 3 aromatic carbocycles. The molecule has 25 heavy (non-hydrogen) atoms. The van der Waals surface area contributed by atoms with E-state index < -0.39 is 0 Å². The maximum absolute atomic E-state index is 12.0.